The van der Waals surface area contributed by atoms with Crippen molar-refractivity contribution >= 4 is 23.5 Å². The second-order valence-corrected chi connectivity index (χ2v) is 5.33. The van der Waals surface area contributed by atoms with E-state index in [1.54, 1.807) is 6.07 Å². The number of carbonyl (C=O) groups excluding carboxylic acids is 3. The Morgan fingerprint density at radius 3 is 2.75 bits per heavy atom. The summed E-state index contributed by atoms with van der Waals surface area (Å²) < 4.78 is 4.66. The Hall–Kier alpha value is -2.97. The van der Waals surface area contributed by atoms with Crippen LogP contribution in [0.4, 0.5) is 5.69 Å². The van der Waals surface area contributed by atoms with Gasteiger partial charge in [0.1, 0.15) is 12.1 Å². The molecule has 128 valence electrons. The largest absolute Gasteiger partial charge is 0.467 e. The van der Waals surface area contributed by atoms with E-state index >= 15 is 0 Å². The Morgan fingerprint density at radius 2 is 2.17 bits per heavy atom. The van der Waals surface area contributed by atoms with Gasteiger partial charge in [0, 0.05) is 24.5 Å². The molecule has 9 heteroatoms. The van der Waals surface area contributed by atoms with Gasteiger partial charge in [-0.15, -0.1) is 0 Å². The van der Waals surface area contributed by atoms with Crippen molar-refractivity contribution in [1.29, 1.82) is 0 Å². The molecule has 1 aliphatic heterocycles. The van der Waals surface area contributed by atoms with Crippen LogP contribution in [0, 0.1) is 10.1 Å². The van der Waals surface area contributed by atoms with Crippen LogP contribution in [-0.4, -0.2) is 41.9 Å². The van der Waals surface area contributed by atoms with Gasteiger partial charge in [0.05, 0.1) is 12.0 Å². The molecule has 1 fully saturated rings. The van der Waals surface area contributed by atoms with Gasteiger partial charge in [0.15, 0.2) is 0 Å². The first-order valence-electron chi connectivity index (χ1n) is 7.32. The maximum absolute atomic E-state index is 12.2. The van der Waals surface area contributed by atoms with Gasteiger partial charge in [-0.25, -0.2) is 4.79 Å². The van der Waals surface area contributed by atoms with E-state index in [1.165, 1.54) is 18.2 Å². The molecular weight excluding hydrogens is 318 g/mol. The van der Waals surface area contributed by atoms with E-state index in [4.69, 9.17) is 0 Å². The summed E-state index contributed by atoms with van der Waals surface area (Å²) in [5, 5.41) is 16.1. The van der Waals surface area contributed by atoms with E-state index in [1.807, 2.05) is 0 Å². The summed E-state index contributed by atoms with van der Waals surface area (Å²) in [5.41, 5.74) is 0.156. The summed E-state index contributed by atoms with van der Waals surface area (Å²) in [5.74, 6) is -1.47. The molecule has 1 heterocycles. The highest BCUT2D eigenvalue weighted by Gasteiger charge is 2.31. The number of benzene rings is 1. The summed E-state index contributed by atoms with van der Waals surface area (Å²) in [6.07, 6.45) is 0.491. The highest BCUT2D eigenvalue weighted by Crippen LogP contribution is 2.20. The first kappa shape index (κ1) is 17.4. The van der Waals surface area contributed by atoms with Gasteiger partial charge in [0.2, 0.25) is 11.8 Å². The Balaban J connectivity index is 2.14. The number of rotatable bonds is 6. The number of para-hydroxylation sites is 1. The second-order valence-electron chi connectivity index (χ2n) is 5.33. The fourth-order valence-corrected chi connectivity index (χ4v) is 2.50. The summed E-state index contributed by atoms with van der Waals surface area (Å²) in [6.45, 7) is 0. The smallest absolute Gasteiger partial charge is 0.328 e. The van der Waals surface area contributed by atoms with Gasteiger partial charge in [-0.1, -0.05) is 18.2 Å². The summed E-state index contributed by atoms with van der Waals surface area (Å²) in [7, 11) is 1.16. The monoisotopic (exact) mass is 335 g/mol. The zero-order valence-electron chi connectivity index (χ0n) is 13.0. The predicted octanol–water partition coefficient (Wildman–Crippen LogP) is 0.0737. The molecule has 2 rings (SSSR count). The van der Waals surface area contributed by atoms with Crippen LogP contribution in [-0.2, 0) is 25.5 Å². The van der Waals surface area contributed by atoms with Gasteiger partial charge in [-0.05, 0) is 6.42 Å². The van der Waals surface area contributed by atoms with E-state index in [-0.39, 0.29) is 24.4 Å². The zero-order chi connectivity index (χ0) is 17.7. The minimum atomic E-state index is -1.08. The topological polar surface area (TPSA) is 128 Å². The lowest BCUT2D eigenvalue weighted by molar-refractivity contribution is -0.385. The van der Waals surface area contributed by atoms with E-state index < -0.39 is 28.9 Å². The van der Waals surface area contributed by atoms with Gasteiger partial charge in [0.25, 0.3) is 5.69 Å². The number of methoxy groups -OCH3 is 1. The molecule has 24 heavy (non-hydrogen) atoms. The molecule has 1 aliphatic rings. The minimum Gasteiger partial charge on any atom is -0.467 e. The number of hydrogen-bond acceptors (Lipinski definition) is 6. The molecule has 0 spiro atoms. The van der Waals surface area contributed by atoms with Crippen LogP contribution in [0.2, 0.25) is 0 Å². The number of hydrogen-bond donors (Lipinski definition) is 2. The van der Waals surface area contributed by atoms with Crippen molar-refractivity contribution in [2.45, 2.75) is 31.3 Å². The van der Waals surface area contributed by atoms with Gasteiger partial charge >= 0.3 is 5.97 Å². The molecule has 2 amide bonds. The molecule has 0 saturated carbocycles. The summed E-state index contributed by atoms with van der Waals surface area (Å²) >= 11 is 0. The molecule has 0 unspecified atom stereocenters. The first-order chi connectivity index (χ1) is 11.4. The predicted molar refractivity (Wildman–Crippen MR) is 81.9 cm³/mol. The molecule has 0 aliphatic carbocycles. The van der Waals surface area contributed by atoms with Crippen molar-refractivity contribution in [2.75, 3.05) is 7.11 Å². The fourth-order valence-electron chi connectivity index (χ4n) is 2.50. The number of nitrogens with one attached hydrogen (secondary N) is 2. The number of amides is 2. The van der Waals surface area contributed by atoms with Crippen LogP contribution in [0.5, 0.6) is 0 Å². The normalized spacial score (nSPS) is 17.7. The average Bonchev–Trinajstić information content (AvgIpc) is 3.00. The van der Waals surface area contributed by atoms with E-state index in [2.05, 4.69) is 15.4 Å². The molecular formula is C15H17N3O6. The van der Waals surface area contributed by atoms with E-state index in [9.17, 15) is 24.5 Å². The van der Waals surface area contributed by atoms with Gasteiger partial charge < -0.3 is 15.4 Å². The van der Waals surface area contributed by atoms with Gasteiger partial charge in [-0.3, -0.25) is 19.7 Å². The van der Waals surface area contributed by atoms with Crippen LogP contribution in [0.25, 0.3) is 0 Å². The van der Waals surface area contributed by atoms with Gasteiger partial charge in [-0.2, -0.15) is 0 Å². The third-order valence-corrected chi connectivity index (χ3v) is 3.73. The van der Waals surface area contributed by atoms with Crippen molar-refractivity contribution < 1.29 is 24.0 Å². The number of ether oxygens (including phenoxy) is 1. The lowest BCUT2D eigenvalue weighted by Gasteiger charge is -2.19. The Bertz CT molecular complexity index is 675. The number of esters is 1. The first-order valence-corrected chi connectivity index (χ1v) is 7.32. The van der Waals surface area contributed by atoms with E-state index in [0.29, 0.717) is 12.0 Å². The third kappa shape index (κ3) is 4.06. The molecule has 9 nitrogen and oxygen atoms in total. The van der Waals surface area contributed by atoms with Crippen LogP contribution >= 0.6 is 0 Å². The highest BCUT2D eigenvalue weighted by molar-refractivity contribution is 5.93. The van der Waals surface area contributed by atoms with E-state index in [0.717, 1.165) is 7.11 Å². The standard InChI is InChI=1S/C15H17N3O6/c1-24-15(21)11(17-14(20)10-6-7-13(19)16-10)8-9-4-2-3-5-12(9)18(22)23/h2-5,10-11H,6-8H2,1H3,(H,16,19)(H,17,20)/t10-,11+/m1/s1. The average molecular weight is 335 g/mol. The van der Waals surface area contributed by atoms with Crippen LogP contribution in [0.15, 0.2) is 24.3 Å². The summed E-state index contributed by atoms with van der Waals surface area (Å²) in [6, 6.07) is 4.16. The van der Waals surface area contributed by atoms with Crippen LogP contribution in [0.1, 0.15) is 18.4 Å². The molecule has 1 aromatic carbocycles. The SMILES string of the molecule is COC(=O)[C@H](Cc1ccccc1[N+](=O)[O-])NC(=O)[C@H]1CCC(=O)N1. The quantitative estimate of drug-likeness (QED) is 0.430. The molecule has 2 N–H and O–H groups in total. The molecule has 1 saturated heterocycles. The zero-order valence-corrected chi connectivity index (χ0v) is 13.0. The lowest BCUT2D eigenvalue weighted by atomic mass is 10.0. The van der Waals surface area contributed by atoms with Crippen molar-refractivity contribution in [3.8, 4) is 0 Å². The third-order valence-electron chi connectivity index (χ3n) is 3.73. The Morgan fingerprint density at radius 1 is 1.46 bits per heavy atom. The lowest BCUT2D eigenvalue weighted by Crippen LogP contribution is -2.50. The summed E-state index contributed by atoms with van der Waals surface area (Å²) in [4.78, 5) is 45.8. The second kappa shape index (κ2) is 7.53. The maximum Gasteiger partial charge on any atom is 0.328 e. The minimum absolute atomic E-state index is 0.0871. The van der Waals surface area contributed by atoms with Crippen LogP contribution < -0.4 is 10.6 Å². The van der Waals surface area contributed by atoms with Crippen molar-refractivity contribution in [1.82, 2.24) is 10.6 Å². The van der Waals surface area contributed by atoms with Crippen molar-refractivity contribution in [2.24, 2.45) is 0 Å². The number of carbonyl (C=O) groups is 3. The number of nitro groups is 1. The maximum atomic E-state index is 12.2. The van der Waals surface area contributed by atoms with Crippen molar-refractivity contribution in [3.63, 3.8) is 0 Å². The molecule has 0 aromatic heterocycles. The number of nitrogens with zero attached hydrogens (tertiary/aromatic N) is 1. The molecule has 2 atom stereocenters. The van der Waals surface area contributed by atoms with Crippen LogP contribution in [0.3, 0.4) is 0 Å². The Kier molecular flexibility index (Phi) is 5.46. The number of nitro benzene ring substituents is 1. The molecule has 0 radical (unpaired) electrons. The fraction of sp³-hybridized carbons (Fsp3) is 0.400. The van der Waals surface area contributed by atoms with Crippen molar-refractivity contribution in [3.05, 3.63) is 39.9 Å². The molecule has 0 bridgehead atoms. The Labute approximate surface area is 137 Å². The molecule has 1 aromatic rings. The highest BCUT2D eigenvalue weighted by atomic mass is 16.6.